The van der Waals surface area contributed by atoms with Gasteiger partial charge in [0.25, 0.3) is 5.91 Å². The van der Waals surface area contributed by atoms with E-state index in [1.165, 1.54) is 0 Å². The van der Waals surface area contributed by atoms with E-state index in [1.807, 2.05) is 23.0 Å². The van der Waals surface area contributed by atoms with Crippen LogP contribution in [0.5, 0.6) is 5.75 Å². The van der Waals surface area contributed by atoms with Crippen LogP contribution in [-0.4, -0.2) is 41.8 Å². The molecule has 0 spiro atoms. The molecule has 1 aromatic carbocycles. The number of anilines is 1. The number of rotatable bonds is 5. The average molecular weight is 385 g/mol. The van der Waals surface area contributed by atoms with Crippen LogP contribution >= 0.6 is 0 Å². The fraction of sp³-hybridized carbons (Fsp3) is 0.571. The van der Waals surface area contributed by atoms with Gasteiger partial charge >= 0.3 is 0 Å². The highest BCUT2D eigenvalue weighted by atomic mass is 16.5. The van der Waals surface area contributed by atoms with Crippen molar-refractivity contribution in [2.24, 2.45) is 5.92 Å². The van der Waals surface area contributed by atoms with Crippen LogP contribution < -0.4 is 10.1 Å². The summed E-state index contributed by atoms with van der Waals surface area (Å²) in [6.45, 7) is 0.632. The quantitative estimate of drug-likeness (QED) is 0.797. The van der Waals surface area contributed by atoms with Crippen LogP contribution in [0.4, 0.5) is 5.69 Å². The molecule has 7 nitrogen and oxygen atoms in total. The predicted molar refractivity (Wildman–Crippen MR) is 106 cm³/mol. The van der Waals surface area contributed by atoms with Gasteiger partial charge in [-0.2, -0.15) is 5.10 Å². The molecular formula is C21H27N3O4. The molecule has 28 heavy (non-hydrogen) atoms. The number of carbonyl (C=O) groups excluding carboxylic acids is 2. The highest BCUT2D eigenvalue weighted by Crippen LogP contribution is 2.34. The topological polar surface area (TPSA) is 82.5 Å². The second-order valence-corrected chi connectivity index (χ2v) is 7.77. The van der Waals surface area contributed by atoms with E-state index in [-0.39, 0.29) is 11.8 Å². The number of benzene rings is 1. The van der Waals surface area contributed by atoms with Crippen molar-refractivity contribution in [3.63, 3.8) is 0 Å². The van der Waals surface area contributed by atoms with Crippen LogP contribution in [0.25, 0.3) is 10.9 Å². The van der Waals surface area contributed by atoms with Crippen LogP contribution in [0.15, 0.2) is 18.3 Å². The van der Waals surface area contributed by atoms with Crippen molar-refractivity contribution >= 4 is 28.8 Å². The Morgan fingerprint density at radius 2 is 2.07 bits per heavy atom. The molecule has 4 rings (SSSR count). The lowest BCUT2D eigenvalue weighted by atomic mass is 9.87. The molecule has 2 aromatic rings. The molecule has 1 atom stereocenters. The summed E-state index contributed by atoms with van der Waals surface area (Å²) in [6.07, 6.45) is 9.20. The number of fused-ring (bicyclic) bond motifs is 1. The van der Waals surface area contributed by atoms with Crippen molar-refractivity contribution in [1.82, 2.24) is 9.78 Å². The van der Waals surface area contributed by atoms with Gasteiger partial charge in [0.15, 0.2) is 0 Å². The molecule has 1 saturated carbocycles. The summed E-state index contributed by atoms with van der Waals surface area (Å²) < 4.78 is 13.1. The van der Waals surface area contributed by atoms with E-state index in [2.05, 4.69) is 5.32 Å². The molecule has 7 heteroatoms. The third-order valence-corrected chi connectivity index (χ3v) is 5.88. The zero-order chi connectivity index (χ0) is 19.5. The smallest absolute Gasteiger partial charge is 0.253 e. The van der Waals surface area contributed by atoms with E-state index >= 15 is 0 Å². The van der Waals surface area contributed by atoms with Gasteiger partial charge in [-0.3, -0.25) is 9.48 Å². The van der Waals surface area contributed by atoms with Crippen molar-refractivity contribution in [2.45, 2.75) is 57.1 Å². The minimum absolute atomic E-state index is 0.128. The summed E-state index contributed by atoms with van der Waals surface area (Å²) >= 11 is 0. The molecule has 0 radical (unpaired) electrons. The Balaban J connectivity index is 1.54. The molecule has 1 aliphatic heterocycles. The van der Waals surface area contributed by atoms with Crippen molar-refractivity contribution in [2.75, 3.05) is 19.0 Å². The van der Waals surface area contributed by atoms with E-state index in [4.69, 9.17) is 14.6 Å². The highest BCUT2D eigenvalue weighted by molar-refractivity contribution is 5.98. The Kier molecular flexibility index (Phi) is 5.62. The number of aromatic nitrogens is 2. The lowest BCUT2D eigenvalue weighted by Crippen LogP contribution is -2.33. The number of nitrogens with one attached hydrogen (secondary N) is 1. The van der Waals surface area contributed by atoms with Gasteiger partial charge in [-0.15, -0.1) is 0 Å². The van der Waals surface area contributed by atoms with E-state index < -0.39 is 6.10 Å². The van der Waals surface area contributed by atoms with E-state index in [9.17, 15) is 9.59 Å². The molecule has 1 amide bonds. The minimum Gasteiger partial charge on any atom is -0.494 e. The molecular weight excluding hydrogens is 358 g/mol. The fourth-order valence-electron chi connectivity index (χ4n) is 4.19. The number of carbonyl (C=O) groups is 2. The summed E-state index contributed by atoms with van der Waals surface area (Å²) in [6, 6.07) is 4.08. The lowest BCUT2D eigenvalue weighted by Gasteiger charge is -2.25. The van der Waals surface area contributed by atoms with Gasteiger partial charge in [-0.1, -0.05) is 0 Å². The minimum atomic E-state index is -0.398. The van der Waals surface area contributed by atoms with Gasteiger partial charge < -0.3 is 19.6 Å². The number of ether oxygens (including phenoxy) is 2. The van der Waals surface area contributed by atoms with Crippen molar-refractivity contribution in [3.8, 4) is 5.75 Å². The molecule has 2 heterocycles. The summed E-state index contributed by atoms with van der Waals surface area (Å²) in [4.78, 5) is 23.5. The molecule has 0 unspecified atom stereocenters. The molecule has 1 aliphatic carbocycles. The second-order valence-electron chi connectivity index (χ2n) is 7.77. The molecule has 150 valence electrons. The second kappa shape index (κ2) is 8.31. The van der Waals surface area contributed by atoms with Gasteiger partial charge in [0.2, 0.25) is 0 Å². The van der Waals surface area contributed by atoms with Gasteiger partial charge in [-0.05, 0) is 51.0 Å². The summed E-state index contributed by atoms with van der Waals surface area (Å²) in [5.41, 5.74) is 1.47. The van der Waals surface area contributed by atoms with Crippen molar-refractivity contribution < 1.29 is 19.1 Å². The Morgan fingerprint density at radius 3 is 2.75 bits per heavy atom. The normalized spacial score (nSPS) is 25.4. The maximum Gasteiger partial charge on any atom is 0.253 e. The van der Waals surface area contributed by atoms with Crippen LogP contribution in [0.3, 0.4) is 0 Å². The van der Waals surface area contributed by atoms with Gasteiger partial charge in [0.05, 0.1) is 24.4 Å². The van der Waals surface area contributed by atoms with Crippen molar-refractivity contribution in [1.29, 1.82) is 0 Å². The number of hydrogen-bond donors (Lipinski definition) is 1. The van der Waals surface area contributed by atoms with Gasteiger partial charge in [-0.25, -0.2) is 0 Å². The lowest BCUT2D eigenvalue weighted by molar-refractivity contribution is -0.130. The van der Waals surface area contributed by atoms with E-state index in [1.54, 1.807) is 7.11 Å². The predicted octanol–water partition coefficient (Wildman–Crippen LogP) is 3.48. The Hall–Kier alpha value is -2.41. The Morgan fingerprint density at radius 1 is 1.25 bits per heavy atom. The summed E-state index contributed by atoms with van der Waals surface area (Å²) in [7, 11) is 1.59. The molecule has 2 fully saturated rings. The zero-order valence-electron chi connectivity index (χ0n) is 16.2. The van der Waals surface area contributed by atoms with Crippen LogP contribution in [0.1, 0.15) is 51.0 Å². The summed E-state index contributed by atoms with van der Waals surface area (Å²) in [5, 5.41) is 8.63. The first-order chi connectivity index (χ1) is 13.7. The Labute approximate surface area is 164 Å². The first-order valence-corrected chi connectivity index (χ1v) is 10.1. The first-order valence-electron chi connectivity index (χ1n) is 10.1. The van der Waals surface area contributed by atoms with Crippen LogP contribution in [0, 0.1) is 5.92 Å². The average Bonchev–Trinajstić information content (AvgIpc) is 3.16. The number of hydrogen-bond acceptors (Lipinski definition) is 5. The third-order valence-electron chi connectivity index (χ3n) is 5.88. The van der Waals surface area contributed by atoms with Gasteiger partial charge in [0.1, 0.15) is 18.1 Å². The first kappa shape index (κ1) is 18.9. The SMILES string of the molecule is COc1cc2nn([C@H]3CC[C@H](C=O)CC3)cc2cc1NC(=O)[C@H]1CCCCO1. The molecule has 1 aromatic heterocycles. The molecule has 2 aliphatic rings. The maximum absolute atomic E-state index is 12.5. The number of aldehydes is 1. The van der Waals surface area contributed by atoms with Gasteiger partial charge in [0, 0.05) is 30.2 Å². The standard InChI is InChI=1S/C21H27N3O4/c1-27-20-11-17-15(10-18(20)22-21(26)19-4-2-3-9-28-19)12-24(23-17)16-7-5-14(13-25)6-8-16/h10-14,16,19H,2-9H2,1H3,(H,22,26)/t14-,16-,19-/m1/s1. The summed E-state index contributed by atoms with van der Waals surface area (Å²) in [5.74, 6) is 0.647. The maximum atomic E-state index is 12.5. The molecule has 0 bridgehead atoms. The fourth-order valence-corrected chi connectivity index (χ4v) is 4.19. The monoisotopic (exact) mass is 385 g/mol. The third kappa shape index (κ3) is 3.90. The largest absolute Gasteiger partial charge is 0.494 e. The molecule has 1 saturated heterocycles. The van der Waals surface area contributed by atoms with Crippen LogP contribution in [0.2, 0.25) is 0 Å². The van der Waals surface area contributed by atoms with Crippen LogP contribution in [-0.2, 0) is 14.3 Å². The van der Waals surface area contributed by atoms with E-state index in [0.29, 0.717) is 24.1 Å². The number of methoxy groups -OCH3 is 1. The van der Waals surface area contributed by atoms with E-state index in [0.717, 1.165) is 62.1 Å². The highest BCUT2D eigenvalue weighted by Gasteiger charge is 2.25. The Bertz CT molecular complexity index is 849. The van der Waals surface area contributed by atoms with Crippen molar-refractivity contribution in [3.05, 3.63) is 18.3 Å². The number of nitrogens with zero attached hydrogens (tertiary/aromatic N) is 2. The zero-order valence-corrected chi connectivity index (χ0v) is 16.2. The molecule has 1 N–H and O–H groups in total. The number of amides is 1.